The predicted molar refractivity (Wildman–Crippen MR) is 104 cm³/mol. The third-order valence-electron chi connectivity index (χ3n) is 4.55. The zero-order valence-corrected chi connectivity index (χ0v) is 16.1. The minimum absolute atomic E-state index is 0.165. The van der Waals surface area contributed by atoms with Crippen LogP contribution >= 0.6 is 11.3 Å². The summed E-state index contributed by atoms with van der Waals surface area (Å²) >= 11 is 1.53. The second-order valence-electron chi connectivity index (χ2n) is 6.68. The van der Waals surface area contributed by atoms with Gasteiger partial charge in [-0.05, 0) is 24.6 Å². The molecule has 1 aromatic heterocycles. The Morgan fingerprint density at radius 1 is 1.35 bits per heavy atom. The van der Waals surface area contributed by atoms with E-state index in [2.05, 4.69) is 39.5 Å². The summed E-state index contributed by atoms with van der Waals surface area (Å²) in [5.41, 5.74) is 2.34. The highest BCUT2D eigenvalue weighted by Gasteiger charge is 2.18. The molecule has 7 heteroatoms. The summed E-state index contributed by atoms with van der Waals surface area (Å²) in [4.78, 5) is 21.0. The molecule has 1 saturated heterocycles. The predicted octanol–water partition coefficient (Wildman–Crippen LogP) is 2.47. The number of aliphatic hydroxyl groups is 1. The van der Waals surface area contributed by atoms with Crippen LogP contribution in [0.4, 0.5) is 5.69 Å². The molecular formula is C19H26N4O2S. The lowest BCUT2D eigenvalue weighted by Crippen LogP contribution is -2.47. The molecule has 2 heterocycles. The minimum Gasteiger partial charge on any atom is -0.386 e. The fourth-order valence-corrected chi connectivity index (χ4v) is 3.84. The van der Waals surface area contributed by atoms with Crippen molar-refractivity contribution in [2.24, 2.45) is 0 Å². The van der Waals surface area contributed by atoms with Gasteiger partial charge in [-0.25, -0.2) is 4.98 Å². The lowest BCUT2D eigenvalue weighted by Gasteiger charge is -2.34. The minimum atomic E-state index is -0.513. The first kappa shape index (κ1) is 18.8. The Morgan fingerprint density at radius 3 is 2.77 bits per heavy atom. The number of benzene rings is 1. The van der Waals surface area contributed by atoms with Crippen LogP contribution in [0, 0.1) is 0 Å². The lowest BCUT2D eigenvalue weighted by molar-refractivity contribution is -0.130. The van der Waals surface area contributed by atoms with Crippen molar-refractivity contribution in [2.75, 3.05) is 31.5 Å². The van der Waals surface area contributed by atoms with Crippen LogP contribution in [-0.2, 0) is 17.9 Å². The van der Waals surface area contributed by atoms with Gasteiger partial charge in [0.05, 0.1) is 6.54 Å². The summed E-state index contributed by atoms with van der Waals surface area (Å²) in [7, 11) is 0. The van der Waals surface area contributed by atoms with E-state index in [1.54, 1.807) is 13.8 Å². The number of carbonyl (C=O) groups is 1. The van der Waals surface area contributed by atoms with E-state index in [4.69, 9.17) is 0 Å². The van der Waals surface area contributed by atoms with Crippen molar-refractivity contribution in [2.45, 2.75) is 33.0 Å². The summed E-state index contributed by atoms with van der Waals surface area (Å²) < 4.78 is 0. The number of hydrogen-bond acceptors (Lipinski definition) is 6. The Bertz CT molecular complexity index is 739. The van der Waals surface area contributed by atoms with Gasteiger partial charge in [0.25, 0.3) is 0 Å². The van der Waals surface area contributed by atoms with Gasteiger partial charge in [-0.3, -0.25) is 9.69 Å². The second kappa shape index (κ2) is 8.62. The van der Waals surface area contributed by atoms with Crippen LogP contribution < -0.4 is 5.32 Å². The average molecular weight is 375 g/mol. The topological polar surface area (TPSA) is 68.7 Å². The van der Waals surface area contributed by atoms with Crippen molar-refractivity contribution >= 4 is 22.9 Å². The smallest absolute Gasteiger partial charge is 0.219 e. The number of aliphatic hydroxyl groups excluding tert-OH is 1. The molecule has 1 atom stereocenters. The third-order valence-corrected chi connectivity index (χ3v) is 5.71. The van der Waals surface area contributed by atoms with Gasteiger partial charge in [0, 0.05) is 56.4 Å². The average Bonchev–Trinajstić information content (AvgIpc) is 3.10. The Balaban J connectivity index is 1.52. The largest absolute Gasteiger partial charge is 0.386 e. The van der Waals surface area contributed by atoms with Crippen LogP contribution in [0.25, 0.3) is 0 Å². The first-order valence-corrected chi connectivity index (χ1v) is 9.76. The Labute approximate surface area is 158 Å². The van der Waals surface area contributed by atoms with Gasteiger partial charge in [-0.2, -0.15) is 0 Å². The molecule has 0 spiro atoms. The zero-order valence-electron chi connectivity index (χ0n) is 15.3. The van der Waals surface area contributed by atoms with Crippen molar-refractivity contribution in [1.29, 1.82) is 0 Å². The van der Waals surface area contributed by atoms with Crippen molar-refractivity contribution in [1.82, 2.24) is 14.8 Å². The monoisotopic (exact) mass is 374 g/mol. The summed E-state index contributed by atoms with van der Waals surface area (Å²) in [5.74, 6) is 0.165. The molecular weight excluding hydrogens is 348 g/mol. The maximum Gasteiger partial charge on any atom is 0.219 e. The molecule has 1 aliphatic rings. The number of nitrogens with one attached hydrogen (secondary N) is 1. The Morgan fingerprint density at radius 2 is 2.12 bits per heavy atom. The number of nitrogens with zero attached hydrogens (tertiary/aromatic N) is 3. The number of hydrogen-bond donors (Lipinski definition) is 2. The normalized spacial score (nSPS) is 16.5. The van der Waals surface area contributed by atoms with Crippen LogP contribution in [0.3, 0.4) is 0 Å². The number of rotatable bonds is 6. The van der Waals surface area contributed by atoms with E-state index in [1.165, 1.54) is 16.9 Å². The summed E-state index contributed by atoms with van der Waals surface area (Å²) in [6.45, 7) is 8.42. The standard InChI is InChI=1S/C19H26N4O2S/c1-14(24)19-21-12-18(26-19)11-20-17-5-3-4-16(10-17)13-22-6-8-23(9-7-22)15(2)25/h3-5,10,12,14,20,24H,6-9,11,13H2,1-2H3. The molecule has 1 fully saturated rings. The Kier molecular flexibility index (Phi) is 6.24. The lowest BCUT2D eigenvalue weighted by atomic mass is 10.1. The fourth-order valence-electron chi connectivity index (χ4n) is 3.05. The number of aromatic nitrogens is 1. The van der Waals surface area contributed by atoms with E-state index in [-0.39, 0.29) is 5.91 Å². The van der Waals surface area contributed by atoms with Gasteiger partial charge in [0.2, 0.25) is 5.91 Å². The highest BCUT2D eigenvalue weighted by atomic mass is 32.1. The van der Waals surface area contributed by atoms with Gasteiger partial charge in [0.1, 0.15) is 11.1 Å². The van der Waals surface area contributed by atoms with Gasteiger partial charge in [-0.15, -0.1) is 11.3 Å². The van der Waals surface area contributed by atoms with Crippen LogP contribution in [0.2, 0.25) is 0 Å². The van der Waals surface area contributed by atoms with E-state index < -0.39 is 6.10 Å². The van der Waals surface area contributed by atoms with E-state index in [0.29, 0.717) is 6.54 Å². The first-order chi connectivity index (χ1) is 12.5. The molecule has 3 rings (SSSR count). The maximum absolute atomic E-state index is 11.4. The molecule has 0 bridgehead atoms. The van der Waals surface area contributed by atoms with E-state index in [1.807, 2.05) is 11.1 Å². The number of thiazole rings is 1. The second-order valence-corrected chi connectivity index (χ2v) is 7.82. The molecule has 0 radical (unpaired) electrons. The summed E-state index contributed by atoms with van der Waals surface area (Å²) in [6, 6.07) is 8.44. The molecule has 2 aromatic rings. The van der Waals surface area contributed by atoms with E-state index >= 15 is 0 Å². The first-order valence-electron chi connectivity index (χ1n) is 8.94. The molecule has 0 aliphatic carbocycles. The molecule has 1 aliphatic heterocycles. The van der Waals surface area contributed by atoms with Crippen molar-refractivity contribution in [3.63, 3.8) is 0 Å². The zero-order chi connectivity index (χ0) is 18.5. The quantitative estimate of drug-likeness (QED) is 0.813. The SMILES string of the molecule is CC(=O)N1CCN(Cc2cccc(NCc3cnc(C(C)O)s3)c2)CC1. The maximum atomic E-state index is 11.4. The Hall–Kier alpha value is -1.96. The summed E-state index contributed by atoms with van der Waals surface area (Å²) in [5, 5.41) is 13.7. The van der Waals surface area contributed by atoms with Gasteiger partial charge >= 0.3 is 0 Å². The molecule has 140 valence electrons. The van der Waals surface area contributed by atoms with Crippen molar-refractivity contribution in [3.05, 3.63) is 45.9 Å². The molecule has 26 heavy (non-hydrogen) atoms. The highest BCUT2D eigenvalue weighted by Crippen LogP contribution is 2.21. The van der Waals surface area contributed by atoms with E-state index in [0.717, 1.165) is 48.3 Å². The van der Waals surface area contributed by atoms with Gasteiger partial charge in [0.15, 0.2) is 0 Å². The number of carbonyl (C=O) groups excluding carboxylic acids is 1. The molecule has 1 unspecified atom stereocenters. The molecule has 6 nitrogen and oxygen atoms in total. The van der Waals surface area contributed by atoms with Gasteiger partial charge < -0.3 is 15.3 Å². The summed E-state index contributed by atoms with van der Waals surface area (Å²) in [6.07, 6.45) is 1.30. The highest BCUT2D eigenvalue weighted by molar-refractivity contribution is 7.11. The van der Waals surface area contributed by atoms with E-state index in [9.17, 15) is 9.90 Å². The molecule has 1 aromatic carbocycles. The fraction of sp³-hybridized carbons (Fsp3) is 0.474. The van der Waals surface area contributed by atoms with Crippen molar-refractivity contribution < 1.29 is 9.90 Å². The number of amides is 1. The van der Waals surface area contributed by atoms with Crippen LogP contribution in [0.5, 0.6) is 0 Å². The van der Waals surface area contributed by atoms with Gasteiger partial charge in [-0.1, -0.05) is 12.1 Å². The molecule has 2 N–H and O–H groups in total. The molecule has 0 saturated carbocycles. The van der Waals surface area contributed by atoms with Crippen LogP contribution in [-0.4, -0.2) is 52.0 Å². The van der Waals surface area contributed by atoms with Crippen LogP contribution in [0.15, 0.2) is 30.5 Å². The molecule has 1 amide bonds. The number of piperazine rings is 1. The van der Waals surface area contributed by atoms with Crippen LogP contribution in [0.1, 0.15) is 35.4 Å². The third kappa shape index (κ3) is 5.03. The van der Waals surface area contributed by atoms with Crippen molar-refractivity contribution in [3.8, 4) is 0 Å². The number of anilines is 1.